The zero-order chi connectivity index (χ0) is 15.1. The minimum absolute atomic E-state index is 0. The second-order valence-electron chi connectivity index (χ2n) is 7.02. The van der Waals surface area contributed by atoms with Crippen LogP contribution >= 0.6 is 24.0 Å². The Labute approximate surface area is 153 Å². The maximum atomic E-state index is 6.25. The molecule has 1 saturated heterocycles. The smallest absolute Gasteiger partial charge is 0.191 e. The van der Waals surface area contributed by atoms with Gasteiger partial charge in [0.2, 0.25) is 0 Å². The molecule has 1 saturated carbocycles. The second kappa shape index (κ2) is 9.96. The molecule has 0 aromatic heterocycles. The monoisotopic (exact) mass is 423 g/mol. The molecule has 4 nitrogen and oxygen atoms in total. The van der Waals surface area contributed by atoms with E-state index in [0.717, 1.165) is 51.1 Å². The molecule has 0 radical (unpaired) electrons. The number of nitrogens with two attached hydrogens (primary N) is 1. The molecule has 2 aliphatic rings. The summed E-state index contributed by atoms with van der Waals surface area (Å²) >= 11 is 0. The van der Waals surface area contributed by atoms with E-state index >= 15 is 0 Å². The number of ether oxygens (including phenoxy) is 1. The number of hydrogen-bond donors (Lipinski definition) is 1. The Bertz CT molecular complexity index is 343. The van der Waals surface area contributed by atoms with Crippen LogP contribution in [0, 0.1) is 11.3 Å². The van der Waals surface area contributed by atoms with Crippen molar-refractivity contribution in [3.8, 4) is 0 Å². The zero-order valence-electron chi connectivity index (χ0n) is 14.4. The standard InChI is InChI=1S/C17H33N3O.HI/c1-3-21-12-10-17(8-4-5-9-17)14-19-16(18)20-11-6-7-15(2)13-20;/h15H,3-14H2,1-2H3,(H2,18,19);1H. The van der Waals surface area contributed by atoms with Gasteiger partial charge in [-0.25, -0.2) is 0 Å². The van der Waals surface area contributed by atoms with Crippen molar-refractivity contribution in [2.24, 2.45) is 22.1 Å². The molecular formula is C17H34IN3O. The normalized spacial score (nSPS) is 25.1. The molecule has 1 atom stereocenters. The summed E-state index contributed by atoms with van der Waals surface area (Å²) < 4.78 is 5.57. The minimum atomic E-state index is 0. The first-order valence-electron chi connectivity index (χ1n) is 8.78. The molecule has 1 heterocycles. The molecule has 0 aromatic rings. The summed E-state index contributed by atoms with van der Waals surface area (Å²) in [5.74, 6) is 1.51. The van der Waals surface area contributed by atoms with Gasteiger partial charge in [-0.15, -0.1) is 24.0 Å². The number of rotatable bonds is 6. The van der Waals surface area contributed by atoms with Gasteiger partial charge in [0, 0.05) is 32.8 Å². The molecule has 1 aliphatic carbocycles. The van der Waals surface area contributed by atoms with Gasteiger partial charge >= 0.3 is 0 Å². The van der Waals surface area contributed by atoms with Crippen LogP contribution in [0.25, 0.3) is 0 Å². The van der Waals surface area contributed by atoms with Gasteiger partial charge < -0.3 is 15.4 Å². The molecule has 5 heteroatoms. The average Bonchev–Trinajstić information content (AvgIpc) is 2.94. The van der Waals surface area contributed by atoms with Crippen molar-refractivity contribution in [1.82, 2.24) is 4.90 Å². The van der Waals surface area contributed by atoms with E-state index in [1.807, 2.05) is 0 Å². The third kappa shape index (κ3) is 5.87. The van der Waals surface area contributed by atoms with Crippen LogP contribution in [0.15, 0.2) is 4.99 Å². The van der Waals surface area contributed by atoms with Gasteiger partial charge in [0.1, 0.15) is 0 Å². The number of nitrogens with zero attached hydrogens (tertiary/aromatic N) is 2. The summed E-state index contributed by atoms with van der Waals surface area (Å²) in [4.78, 5) is 7.06. The van der Waals surface area contributed by atoms with Crippen molar-refractivity contribution in [1.29, 1.82) is 0 Å². The maximum absolute atomic E-state index is 6.25. The van der Waals surface area contributed by atoms with E-state index in [2.05, 4.69) is 18.7 Å². The van der Waals surface area contributed by atoms with Crippen LogP contribution in [0.4, 0.5) is 0 Å². The molecule has 0 aromatic carbocycles. The maximum Gasteiger partial charge on any atom is 0.191 e. The van der Waals surface area contributed by atoms with E-state index in [1.165, 1.54) is 38.5 Å². The first-order chi connectivity index (χ1) is 10.2. The van der Waals surface area contributed by atoms with Crippen LogP contribution in [-0.2, 0) is 4.74 Å². The summed E-state index contributed by atoms with van der Waals surface area (Å²) in [6.07, 6.45) is 8.94. The van der Waals surface area contributed by atoms with E-state index < -0.39 is 0 Å². The first-order valence-corrected chi connectivity index (χ1v) is 8.78. The second-order valence-corrected chi connectivity index (χ2v) is 7.02. The highest BCUT2D eigenvalue weighted by Gasteiger charge is 2.33. The lowest BCUT2D eigenvalue weighted by Crippen LogP contribution is -2.44. The van der Waals surface area contributed by atoms with Crippen LogP contribution in [0.1, 0.15) is 58.8 Å². The topological polar surface area (TPSA) is 50.9 Å². The van der Waals surface area contributed by atoms with Gasteiger partial charge in [0.15, 0.2) is 5.96 Å². The van der Waals surface area contributed by atoms with Crippen molar-refractivity contribution in [2.75, 3.05) is 32.8 Å². The first kappa shape index (κ1) is 20.0. The molecule has 22 heavy (non-hydrogen) atoms. The van der Waals surface area contributed by atoms with E-state index in [4.69, 9.17) is 15.5 Å². The van der Waals surface area contributed by atoms with Crippen LogP contribution in [-0.4, -0.2) is 43.7 Å². The molecule has 2 rings (SSSR count). The van der Waals surface area contributed by atoms with Crippen molar-refractivity contribution in [3.63, 3.8) is 0 Å². The number of guanidine groups is 1. The molecule has 0 amide bonds. The van der Waals surface area contributed by atoms with Crippen LogP contribution in [0.5, 0.6) is 0 Å². The Morgan fingerprint density at radius 1 is 1.32 bits per heavy atom. The van der Waals surface area contributed by atoms with Gasteiger partial charge in [-0.2, -0.15) is 0 Å². The van der Waals surface area contributed by atoms with Crippen molar-refractivity contribution < 1.29 is 4.74 Å². The number of halogens is 1. The quantitative estimate of drug-likeness (QED) is 0.307. The molecular weight excluding hydrogens is 389 g/mol. The largest absolute Gasteiger partial charge is 0.382 e. The molecule has 2 N–H and O–H groups in total. The third-order valence-electron chi connectivity index (χ3n) is 5.20. The van der Waals surface area contributed by atoms with Gasteiger partial charge in [-0.3, -0.25) is 4.99 Å². The van der Waals surface area contributed by atoms with Crippen LogP contribution in [0.2, 0.25) is 0 Å². The SMILES string of the molecule is CCOCCC1(CN=C(N)N2CCCC(C)C2)CCCC1.I. The predicted molar refractivity (Wildman–Crippen MR) is 104 cm³/mol. The van der Waals surface area contributed by atoms with E-state index in [1.54, 1.807) is 0 Å². The van der Waals surface area contributed by atoms with Crippen LogP contribution in [0.3, 0.4) is 0 Å². The number of aliphatic imine (C=N–C) groups is 1. The molecule has 1 unspecified atom stereocenters. The molecule has 0 bridgehead atoms. The lowest BCUT2D eigenvalue weighted by atomic mass is 9.83. The number of likely N-dealkylation sites (tertiary alicyclic amines) is 1. The van der Waals surface area contributed by atoms with Crippen LogP contribution < -0.4 is 5.73 Å². The molecule has 130 valence electrons. The number of hydrogen-bond acceptors (Lipinski definition) is 2. The zero-order valence-corrected chi connectivity index (χ0v) is 16.7. The van der Waals surface area contributed by atoms with Crippen molar-refractivity contribution in [3.05, 3.63) is 0 Å². The summed E-state index contributed by atoms with van der Waals surface area (Å²) in [5, 5.41) is 0. The molecule has 1 aliphatic heterocycles. The van der Waals surface area contributed by atoms with E-state index in [0.29, 0.717) is 5.41 Å². The fourth-order valence-electron chi connectivity index (χ4n) is 3.79. The fourth-order valence-corrected chi connectivity index (χ4v) is 3.79. The summed E-state index contributed by atoms with van der Waals surface area (Å²) in [5.41, 5.74) is 6.60. The fraction of sp³-hybridized carbons (Fsp3) is 0.941. The molecule has 0 spiro atoms. The Hall–Kier alpha value is -0.0400. The van der Waals surface area contributed by atoms with Gasteiger partial charge in [0.05, 0.1) is 0 Å². The Morgan fingerprint density at radius 2 is 2.05 bits per heavy atom. The van der Waals surface area contributed by atoms with Gasteiger partial charge in [-0.1, -0.05) is 19.8 Å². The van der Waals surface area contributed by atoms with E-state index in [-0.39, 0.29) is 24.0 Å². The average molecular weight is 423 g/mol. The number of piperidine rings is 1. The van der Waals surface area contributed by atoms with Gasteiger partial charge in [0.25, 0.3) is 0 Å². The predicted octanol–water partition coefficient (Wildman–Crippen LogP) is 3.64. The summed E-state index contributed by atoms with van der Waals surface area (Å²) in [7, 11) is 0. The lowest BCUT2D eigenvalue weighted by molar-refractivity contribution is 0.107. The highest BCUT2D eigenvalue weighted by Crippen LogP contribution is 2.41. The highest BCUT2D eigenvalue weighted by atomic mass is 127. The summed E-state index contributed by atoms with van der Waals surface area (Å²) in [6, 6.07) is 0. The van der Waals surface area contributed by atoms with Gasteiger partial charge in [-0.05, 0) is 50.4 Å². The lowest BCUT2D eigenvalue weighted by Gasteiger charge is -2.33. The Morgan fingerprint density at radius 3 is 2.68 bits per heavy atom. The summed E-state index contributed by atoms with van der Waals surface area (Å²) in [6.45, 7) is 9.08. The Kier molecular flexibility index (Phi) is 9.05. The third-order valence-corrected chi connectivity index (χ3v) is 5.20. The van der Waals surface area contributed by atoms with E-state index in [9.17, 15) is 0 Å². The van der Waals surface area contributed by atoms with Crippen molar-refractivity contribution in [2.45, 2.75) is 58.8 Å². The minimum Gasteiger partial charge on any atom is -0.382 e. The molecule has 2 fully saturated rings. The van der Waals surface area contributed by atoms with Crippen molar-refractivity contribution >= 4 is 29.9 Å². The highest BCUT2D eigenvalue weighted by molar-refractivity contribution is 14.0. The Balaban J connectivity index is 0.00000242.